The Balaban J connectivity index is 0.00000341. The minimum atomic E-state index is 0. The Kier molecular flexibility index (Phi) is 11.0. The SMILES string of the molecule is COCCNC(=NCc1nnc(C)n1C)N1CCN(CCOc2ccccc2)CC1.I. The van der Waals surface area contributed by atoms with Gasteiger partial charge in [-0.25, -0.2) is 4.99 Å². The van der Waals surface area contributed by atoms with E-state index in [0.29, 0.717) is 19.8 Å². The summed E-state index contributed by atoms with van der Waals surface area (Å²) in [4.78, 5) is 9.53. The molecule has 10 heteroatoms. The molecular formula is C21H34IN7O2. The third-order valence-corrected chi connectivity index (χ3v) is 5.23. The zero-order valence-electron chi connectivity index (χ0n) is 18.7. The minimum absolute atomic E-state index is 0. The third-order valence-electron chi connectivity index (χ3n) is 5.23. The molecule has 1 aromatic heterocycles. The third kappa shape index (κ3) is 7.93. The van der Waals surface area contributed by atoms with E-state index in [0.717, 1.165) is 62.6 Å². The zero-order valence-corrected chi connectivity index (χ0v) is 21.0. The number of aryl methyl sites for hydroxylation is 1. The summed E-state index contributed by atoms with van der Waals surface area (Å²) in [5, 5.41) is 11.7. The number of hydrogen-bond donors (Lipinski definition) is 1. The van der Waals surface area contributed by atoms with Crippen LogP contribution in [0.15, 0.2) is 35.3 Å². The molecule has 0 spiro atoms. The van der Waals surface area contributed by atoms with Crippen molar-refractivity contribution in [1.29, 1.82) is 0 Å². The number of hydrogen-bond acceptors (Lipinski definition) is 6. The van der Waals surface area contributed by atoms with E-state index in [4.69, 9.17) is 14.5 Å². The lowest BCUT2D eigenvalue weighted by atomic mass is 10.3. The highest BCUT2D eigenvalue weighted by atomic mass is 127. The van der Waals surface area contributed by atoms with Gasteiger partial charge >= 0.3 is 0 Å². The van der Waals surface area contributed by atoms with Crippen LogP contribution in [0.1, 0.15) is 11.6 Å². The van der Waals surface area contributed by atoms with Gasteiger partial charge in [0, 0.05) is 53.4 Å². The number of piperazine rings is 1. The van der Waals surface area contributed by atoms with Crippen molar-refractivity contribution in [2.75, 3.05) is 59.6 Å². The summed E-state index contributed by atoms with van der Waals surface area (Å²) in [5.41, 5.74) is 0. The Morgan fingerprint density at radius 2 is 1.84 bits per heavy atom. The number of nitrogens with one attached hydrogen (secondary N) is 1. The van der Waals surface area contributed by atoms with Crippen molar-refractivity contribution in [2.24, 2.45) is 12.0 Å². The second-order valence-electron chi connectivity index (χ2n) is 7.27. The van der Waals surface area contributed by atoms with Gasteiger partial charge in [0.2, 0.25) is 0 Å². The van der Waals surface area contributed by atoms with Crippen molar-refractivity contribution < 1.29 is 9.47 Å². The molecule has 1 N–H and O–H groups in total. The van der Waals surface area contributed by atoms with Crippen LogP contribution in [-0.4, -0.2) is 90.1 Å². The van der Waals surface area contributed by atoms with Gasteiger partial charge in [0.05, 0.1) is 6.61 Å². The molecule has 31 heavy (non-hydrogen) atoms. The molecule has 0 aliphatic carbocycles. The predicted molar refractivity (Wildman–Crippen MR) is 132 cm³/mol. The van der Waals surface area contributed by atoms with E-state index in [2.05, 4.69) is 25.3 Å². The lowest BCUT2D eigenvalue weighted by Crippen LogP contribution is -2.53. The van der Waals surface area contributed by atoms with Crippen molar-refractivity contribution in [3.05, 3.63) is 42.0 Å². The normalized spacial score (nSPS) is 14.9. The van der Waals surface area contributed by atoms with E-state index >= 15 is 0 Å². The predicted octanol–water partition coefficient (Wildman–Crippen LogP) is 1.53. The second-order valence-corrected chi connectivity index (χ2v) is 7.27. The fraction of sp³-hybridized carbons (Fsp3) is 0.571. The fourth-order valence-corrected chi connectivity index (χ4v) is 3.26. The van der Waals surface area contributed by atoms with Crippen molar-refractivity contribution in [1.82, 2.24) is 29.9 Å². The van der Waals surface area contributed by atoms with Gasteiger partial charge in [0.1, 0.15) is 24.7 Å². The van der Waals surface area contributed by atoms with Crippen molar-refractivity contribution in [2.45, 2.75) is 13.5 Å². The van der Waals surface area contributed by atoms with Gasteiger partial charge in [-0.1, -0.05) is 18.2 Å². The number of guanidine groups is 1. The molecule has 1 aliphatic rings. The molecule has 1 aliphatic heterocycles. The van der Waals surface area contributed by atoms with Gasteiger partial charge in [-0.15, -0.1) is 34.2 Å². The standard InChI is InChI=1S/C21H33N7O2.HI/c1-18-24-25-20(26(18)2)17-23-21(22-9-15-29-3)28-12-10-27(11-13-28)14-16-30-19-7-5-4-6-8-19;/h4-8H,9-17H2,1-3H3,(H,22,23);1H. The first-order valence-electron chi connectivity index (χ1n) is 10.4. The van der Waals surface area contributed by atoms with Crippen molar-refractivity contribution in [3.8, 4) is 5.75 Å². The average Bonchev–Trinajstić information content (AvgIpc) is 3.10. The monoisotopic (exact) mass is 543 g/mol. The van der Waals surface area contributed by atoms with Crippen LogP contribution >= 0.6 is 24.0 Å². The number of benzene rings is 1. The summed E-state index contributed by atoms with van der Waals surface area (Å²) in [6.45, 7) is 9.21. The highest BCUT2D eigenvalue weighted by Gasteiger charge is 2.20. The maximum absolute atomic E-state index is 5.83. The van der Waals surface area contributed by atoms with E-state index in [9.17, 15) is 0 Å². The van der Waals surface area contributed by atoms with Gasteiger partial charge in [-0.05, 0) is 19.1 Å². The van der Waals surface area contributed by atoms with Crippen LogP contribution < -0.4 is 10.1 Å². The summed E-state index contributed by atoms with van der Waals surface area (Å²) >= 11 is 0. The summed E-state index contributed by atoms with van der Waals surface area (Å²) < 4.78 is 13.0. The highest BCUT2D eigenvalue weighted by Crippen LogP contribution is 2.09. The van der Waals surface area contributed by atoms with Crippen LogP contribution in [0.25, 0.3) is 0 Å². The molecule has 0 amide bonds. The van der Waals surface area contributed by atoms with Crippen molar-refractivity contribution >= 4 is 29.9 Å². The zero-order chi connectivity index (χ0) is 21.2. The lowest BCUT2D eigenvalue weighted by Gasteiger charge is -2.36. The summed E-state index contributed by atoms with van der Waals surface area (Å²) in [6.07, 6.45) is 0. The molecule has 0 bridgehead atoms. The van der Waals surface area contributed by atoms with Gasteiger partial charge in [-0.2, -0.15) is 0 Å². The number of aromatic nitrogens is 3. The molecule has 3 rings (SSSR count). The van der Waals surface area contributed by atoms with Gasteiger partial charge in [0.25, 0.3) is 0 Å². The van der Waals surface area contributed by atoms with Crippen LogP contribution in [0.4, 0.5) is 0 Å². The Morgan fingerprint density at radius 3 is 2.48 bits per heavy atom. The number of para-hydroxylation sites is 1. The Hall–Kier alpha value is -1.92. The number of aliphatic imine (C=N–C) groups is 1. The largest absolute Gasteiger partial charge is 0.492 e. The molecule has 1 fully saturated rings. The number of halogens is 1. The summed E-state index contributed by atoms with van der Waals surface area (Å²) in [7, 11) is 3.67. The smallest absolute Gasteiger partial charge is 0.194 e. The molecule has 1 aromatic carbocycles. The molecule has 9 nitrogen and oxygen atoms in total. The van der Waals surface area contributed by atoms with Crippen LogP contribution in [0.2, 0.25) is 0 Å². The van der Waals surface area contributed by atoms with Gasteiger partial charge in [0.15, 0.2) is 11.8 Å². The first-order valence-corrected chi connectivity index (χ1v) is 10.4. The first kappa shape index (κ1) is 25.3. The summed E-state index contributed by atoms with van der Waals surface area (Å²) in [5.74, 6) is 3.57. The molecular weight excluding hydrogens is 509 g/mol. The first-order chi connectivity index (χ1) is 14.7. The molecule has 2 aromatic rings. The molecule has 2 heterocycles. The van der Waals surface area contributed by atoms with Crippen LogP contribution in [0, 0.1) is 6.92 Å². The van der Waals surface area contributed by atoms with Gasteiger partial charge in [-0.3, -0.25) is 4.90 Å². The lowest BCUT2D eigenvalue weighted by molar-refractivity contribution is 0.151. The molecule has 0 radical (unpaired) electrons. The van der Waals surface area contributed by atoms with E-state index in [1.807, 2.05) is 48.9 Å². The fourth-order valence-electron chi connectivity index (χ4n) is 3.26. The van der Waals surface area contributed by atoms with Crippen molar-refractivity contribution in [3.63, 3.8) is 0 Å². The van der Waals surface area contributed by atoms with E-state index in [1.54, 1.807) is 7.11 Å². The molecule has 0 atom stereocenters. The van der Waals surface area contributed by atoms with Crippen LogP contribution in [-0.2, 0) is 18.3 Å². The van der Waals surface area contributed by atoms with Gasteiger partial charge < -0.3 is 24.3 Å². The molecule has 172 valence electrons. The maximum Gasteiger partial charge on any atom is 0.194 e. The Labute approximate surface area is 201 Å². The quantitative estimate of drug-likeness (QED) is 0.223. The molecule has 1 saturated heterocycles. The molecule has 0 saturated carbocycles. The molecule has 0 unspecified atom stereocenters. The average molecular weight is 543 g/mol. The number of rotatable bonds is 9. The Morgan fingerprint density at radius 1 is 1.10 bits per heavy atom. The van der Waals surface area contributed by atoms with Crippen LogP contribution in [0.3, 0.4) is 0 Å². The van der Waals surface area contributed by atoms with Crippen LogP contribution in [0.5, 0.6) is 5.75 Å². The summed E-state index contributed by atoms with van der Waals surface area (Å²) in [6, 6.07) is 9.97. The second kappa shape index (κ2) is 13.5. The number of ether oxygens (including phenoxy) is 2. The van der Waals surface area contributed by atoms with E-state index in [-0.39, 0.29) is 24.0 Å². The topological polar surface area (TPSA) is 80.0 Å². The maximum atomic E-state index is 5.83. The van der Waals surface area contributed by atoms with E-state index in [1.165, 1.54) is 0 Å². The van der Waals surface area contributed by atoms with E-state index < -0.39 is 0 Å². The Bertz CT molecular complexity index is 792. The minimum Gasteiger partial charge on any atom is -0.492 e. The number of methoxy groups -OCH3 is 1. The number of nitrogens with zero attached hydrogens (tertiary/aromatic N) is 6. The highest BCUT2D eigenvalue weighted by molar-refractivity contribution is 14.0.